The summed E-state index contributed by atoms with van der Waals surface area (Å²) in [5.41, 5.74) is -0.453. The third kappa shape index (κ3) is 3.21. The summed E-state index contributed by atoms with van der Waals surface area (Å²) >= 11 is 0. The Morgan fingerprint density at radius 1 is 1.38 bits per heavy atom. The summed E-state index contributed by atoms with van der Waals surface area (Å²) < 4.78 is 0. The maximum absolute atomic E-state index is 11.4. The normalized spacial score (nSPS) is 19.6. The van der Waals surface area contributed by atoms with Crippen molar-refractivity contribution in [2.75, 3.05) is 19.6 Å². The smallest absolute Gasteiger partial charge is 0.310 e. The lowest BCUT2D eigenvalue weighted by atomic mass is 9.85. The second-order valence-corrected chi connectivity index (χ2v) is 5.51. The van der Waals surface area contributed by atoms with E-state index in [0.717, 1.165) is 45.3 Å². The van der Waals surface area contributed by atoms with E-state index in [9.17, 15) is 9.90 Å². The van der Waals surface area contributed by atoms with Crippen molar-refractivity contribution < 1.29 is 9.90 Å². The minimum absolute atomic E-state index is 0.453. The van der Waals surface area contributed by atoms with E-state index in [2.05, 4.69) is 25.7 Å². The topological polar surface area (TPSA) is 40.5 Å². The molecule has 0 aromatic rings. The van der Waals surface area contributed by atoms with Crippen LogP contribution in [0.3, 0.4) is 0 Å². The van der Waals surface area contributed by atoms with Crippen LogP contribution in [-0.4, -0.2) is 35.6 Å². The Balaban J connectivity index is 2.63. The summed E-state index contributed by atoms with van der Waals surface area (Å²) in [7, 11) is 0. The number of hydrogen-bond donors (Lipinski definition) is 1. The van der Waals surface area contributed by atoms with Crippen LogP contribution in [0.2, 0.25) is 0 Å². The summed E-state index contributed by atoms with van der Waals surface area (Å²) in [6.07, 6.45) is 3.87. The molecule has 3 nitrogen and oxygen atoms in total. The summed E-state index contributed by atoms with van der Waals surface area (Å²) in [5, 5.41) is 9.42. The average Bonchev–Trinajstić information content (AvgIpc) is 2.66. The fourth-order valence-corrected chi connectivity index (χ4v) is 2.74. The van der Waals surface area contributed by atoms with E-state index >= 15 is 0 Å². The fourth-order valence-electron chi connectivity index (χ4n) is 2.74. The van der Waals surface area contributed by atoms with Gasteiger partial charge >= 0.3 is 5.97 Å². The number of hydrogen-bond acceptors (Lipinski definition) is 2. The highest BCUT2D eigenvalue weighted by atomic mass is 16.4. The van der Waals surface area contributed by atoms with Gasteiger partial charge in [-0.3, -0.25) is 4.79 Å². The van der Waals surface area contributed by atoms with Gasteiger partial charge in [-0.1, -0.05) is 33.6 Å². The van der Waals surface area contributed by atoms with Gasteiger partial charge in [0, 0.05) is 13.1 Å². The first-order valence-electron chi connectivity index (χ1n) is 6.46. The van der Waals surface area contributed by atoms with Gasteiger partial charge in [0.05, 0.1) is 5.41 Å². The highest BCUT2D eigenvalue weighted by Gasteiger charge is 2.42. The van der Waals surface area contributed by atoms with Crippen molar-refractivity contribution in [2.45, 2.75) is 46.5 Å². The molecule has 0 unspecified atom stereocenters. The van der Waals surface area contributed by atoms with Crippen LogP contribution in [0.5, 0.6) is 0 Å². The van der Waals surface area contributed by atoms with Crippen molar-refractivity contribution in [2.24, 2.45) is 11.3 Å². The predicted molar refractivity (Wildman–Crippen MR) is 65.5 cm³/mol. The molecule has 0 saturated heterocycles. The molecule has 94 valence electrons. The van der Waals surface area contributed by atoms with Gasteiger partial charge in [0.2, 0.25) is 0 Å². The van der Waals surface area contributed by atoms with Crippen LogP contribution in [0.1, 0.15) is 46.5 Å². The van der Waals surface area contributed by atoms with Crippen LogP contribution < -0.4 is 0 Å². The molecule has 1 fully saturated rings. The zero-order valence-electron chi connectivity index (χ0n) is 10.8. The quantitative estimate of drug-likeness (QED) is 0.758. The molecule has 1 N–H and O–H groups in total. The van der Waals surface area contributed by atoms with Gasteiger partial charge in [-0.15, -0.1) is 0 Å². The molecule has 0 amide bonds. The fraction of sp³-hybridized carbons (Fsp3) is 0.923. The summed E-state index contributed by atoms with van der Waals surface area (Å²) in [6, 6.07) is 0. The molecule has 0 heterocycles. The second kappa shape index (κ2) is 5.67. The number of carbonyl (C=O) groups is 1. The van der Waals surface area contributed by atoms with Gasteiger partial charge in [-0.2, -0.15) is 0 Å². The molecule has 0 atom stereocenters. The van der Waals surface area contributed by atoms with Crippen molar-refractivity contribution in [3.63, 3.8) is 0 Å². The Kier molecular flexibility index (Phi) is 4.78. The van der Waals surface area contributed by atoms with Crippen LogP contribution in [0.4, 0.5) is 0 Å². The van der Waals surface area contributed by atoms with E-state index in [0.29, 0.717) is 5.92 Å². The number of carboxylic acid groups (broad SMARTS) is 1. The number of nitrogens with zero attached hydrogens (tertiary/aromatic N) is 1. The van der Waals surface area contributed by atoms with Gasteiger partial charge in [-0.05, 0) is 25.3 Å². The van der Waals surface area contributed by atoms with Crippen LogP contribution >= 0.6 is 0 Å². The maximum atomic E-state index is 11.4. The average molecular weight is 227 g/mol. The van der Waals surface area contributed by atoms with Crippen molar-refractivity contribution in [1.29, 1.82) is 0 Å². The molecule has 1 saturated carbocycles. The molecular weight excluding hydrogens is 202 g/mol. The van der Waals surface area contributed by atoms with Crippen LogP contribution in [0, 0.1) is 11.3 Å². The minimum Gasteiger partial charge on any atom is -0.481 e. The first kappa shape index (κ1) is 13.5. The second-order valence-electron chi connectivity index (χ2n) is 5.51. The summed E-state index contributed by atoms with van der Waals surface area (Å²) in [6.45, 7) is 9.18. The third-order valence-corrected chi connectivity index (χ3v) is 3.61. The Hall–Kier alpha value is -0.570. The molecular formula is C13H25NO2. The summed E-state index contributed by atoms with van der Waals surface area (Å²) in [4.78, 5) is 13.7. The maximum Gasteiger partial charge on any atom is 0.310 e. The van der Waals surface area contributed by atoms with Gasteiger partial charge in [0.1, 0.15) is 0 Å². The number of aliphatic carboxylic acids is 1. The molecule has 1 aliphatic carbocycles. The molecule has 0 radical (unpaired) electrons. The van der Waals surface area contributed by atoms with Crippen molar-refractivity contribution in [3.8, 4) is 0 Å². The zero-order chi connectivity index (χ0) is 12.2. The molecule has 0 aliphatic heterocycles. The molecule has 1 aliphatic rings. The lowest BCUT2D eigenvalue weighted by Gasteiger charge is -2.32. The van der Waals surface area contributed by atoms with Gasteiger partial charge in [0.25, 0.3) is 0 Å². The standard InChI is InChI=1S/C13H25NO2/c1-4-14(9-11(2)3)10-13(12(15)16)7-5-6-8-13/h11H,4-10H2,1-3H3,(H,15,16). The lowest BCUT2D eigenvalue weighted by molar-refractivity contribution is -0.150. The van der Waals surface area contributed by atoms with Crippen LogP contribution in [0.25, 0.3) is 0 Å². The molecule has 1 rings (SSSR count). The lowest BCUT2D eigenvalue weighted by Crippen LogP contribution is -2.42. The highest BCUT2D eigenvalue weighted by Crippen LogP contribution is 2.39. The number of carboxylic acids is 1. The van der Waals surface area contributed by atoms with Crippen molar-refractivity contribution in [3.05, 3.63) is 0 Å². The molecule has 0 aromatic heterocycles. The van der Waals surface area contributed by atoms with E-state index in [1.165, 1.54) is 0 Å². The SMILES string of the molecule is CCN(CC(C)C)CC1(C(=O)O)CCCC1. The largest absolute Gasteiger partial charge is 0.481 e. The third-order valence-electron chi connectivity index (χ3n) is 3.61. The van der Waals surface area contributed by atoms with E-state index in [-0.39, 0.29) is 0 Å². The van der Waals surface area contributed by atoms with Gasteiger partial charge in [-0.25, -0.2) is 0 Å². The molecule has 0 spiro atoms. The Labute approximate surface area is 98.8 Å². The van der Waals surface area contributed by atoms with Crippen LogP contribution in [0.15, 0.2) is 0 Å². The molecule has 0 aromatic carbocycles. The number of rotatable bonds is 6. The van der Waals surface area contributed by atoms with E-state index in [4.69, 9.17) is 0 Å². The van der Waals surface area contributed by atoms with E-state index in [1.54, 1.807) is 0 Å². The first-order valence-corrected chi connectivity index (χ1v) is 6.46. The first-order chi connectivity index (χ1) is 7.50. The van der Waals surface area contributed by atoms with E-state index < -0.39 is 11.4 Å². The Morgan fingerprint density at radius 3 is 2.31 bits per heavy atom. The summed E-state index contributed by atoms with van der Waals surface area (Å²) in [5.74, 6) is 0.0133. The van der Waals surface area contributed by atoms with Crippen LogP contribution in [-0.2, 0) is 4.79 Å². The van der Waals surface area contributed by atoms with Crippen molar-refractivity contribution >= 4 is 5.97 Å². The van der Waals surface area contributed by atoms with E-state index in [1.807, 2.05) is 0 Å². The molecule has 16 heavy (non-hydrogen) atoms. The van der Waals surface area contributed by atoms with Crippen molar-refractivity contribution in [1.82, 2.24) is 4.90 Å². The van der Waals surface area contributed by atoms with Gasteiger partial charge in [0.15, 0.2) is 0 Å². The highest BCUT2D eigenvalue weighted by molar-refractivity contribution is 5.75. The zero-order valence-corrected chi connectivity index (χ0v) is 10.8. The monoisotopic (exact) mass is 227 g/mol. The van der Waals surface area contributed by atoms with Gasteiger partial charge < -0.3 is 10.0 Å². The minimum atomic E-state index is -0.591. The predicted octanol–water partition coefficient (Wildman–Crippen LogP) is 2.61. The molecule has 0 bridgehead atoms. The molecule has 3 heteroatoms. The Bertz CT molecular complexity index is 232. The Morgan fingerprint density at radius 2 is 1.94 bits per heavy atom.